The molecule has 0 spiro atoms. The Bertz CT molecular complexity index is 809. The van der Waals surface area contributed by atoms with Gasteiger partial charge in [0.25, 0.3) is 0 Å². The Labute approximate surface area is 169 Å². The third-order valence-corrected chi connectivity index (χ3v) is 4.72. The average Bonchev–Trinajstić information content (AvgIpc) is 2.60. The van der Waals surface area contributed by atoms with Crippen LogP contribution in [0.4, 0.5) is 5.69 Å². The van der Waals surface area contributed by atoms with Gasteiger partial charge in [-0.05, 0) is 43.8 Å². The number of aryl methyl sites for hydroxylation is 1. The van der Waals surface area contributed by atoms with Gasteiger partial charge in [0.15, 0.2) is 0 Å². The van der Waals surface area contributed by atoms with Gasteiger partial charge in [0.2, 0.25) is 11.8 Å². The predicted molar refractivity (Wildman–Crippen MR) is 110 cm³/mol. The number of halogens is 2. The van der Waals surface area contributed by atoms with E-state index in [1.165, 1.54) is 0 Å². The lowest BCUT2D eigenvalue weighted by Gasteiger charge is -2.22. The number of anilines is 1. The van der Waals surface area contributed by atoms with E-state index >= 15 is 0 Å². The highest BCUT2D eigenvalue weighted by molar-refractivity contribution is 6.42. The lowest BCUT2D eigenvalue weighted by Crippen LogP contribution is -2.39. The van der Waals surface area contributed by atoms with Crippen LogP contribution in [0, 0.1) is 6.92 Å². The molecule has 0 saturated carbocycles. The van der Waals surface area contributed by atoms with Gasteiger partial charge in [0, 0.05) is 19.3 Å². The number of benzene rings is 2. The highest BCUT2D eigenvalue weighted by Gasteiger charge is 2.15. The molecule has 144 valence electrons. The fourth-order valence-electron chi connectivity index (χ4n) is 2.49. The number of amides is 2. The third-order valence-electron chi connectivity index (χ3n) is 3.98. The molecule has 2 aromatic carbocycles. The molecule has 0 bridgehead atoms. The van der Waals surface area contributed by atoms with E-state index in [9.17, 15) is 9.59 Å². The fraction of sp³-hybridized carbons (Fsp3) is 0.300. The zero-order valence-corrected chi connectivity index (χ0v) is 17.1. The van der Waals surface area contributed by atoms with Crippen molar-refractivity contribution < 1.29 is 9.59 Å². The van der Waals surface area contributed by atoms with Crippen molar-refractivity contribution in [3.8, 4) is 0 Å². The first kappa shape index (κ1) is 21.2. The van der Waals surface area contributed by atoms with E-state index in [1.807, 2.05) is 37.3 Å². The highest BCUT2D eigenvalue weighted by Crippen LogP contribution is 2.23. The molecule has 0 radical (unpaired) electrons. The van der Waals surface area contributed by atoms with E-state index < -0.39 is 0 Å². The van der Waals surface area contributed by atoms with E-state index in [-0.39, 0.29) is 24.9 Å². The number of nitrogens with zero attached hydrogens (tertiary/aromatic N) is 2. The molecule has 5 nitrogen and oxygen atoms in total. The van der Waals surface area contributed by atoms with E-state index in [2.05, 4.69) is 5.32 Å². The summed E-state index contributed by atoms with van der Waals surface area (Å²) >= 11 is 11.9. The minimum absolute atomic E-state index is 0.0910. The summed E-state index contributed by atoms with van der Waals surface area (Å²) < 4.78 is 0. The molecule has 1 N–H and O–H groups in total. The van der Waals surface area contributed by atoms with Crippen molar-refractivity contribution in [2.75, 3.05) is 32.5 Å². The summed E-state index contributed by atoms with van der Waals surface area (Å²) in [7, 11) is 3.45. The van der Waals surface area contributed by atoms with Gasteiger partial charge in [-0.2, -0.15) is 0 Å². The third kappa shape index (κ3) is 6.86. The van der Waals surface area contributed by atoms with Crippen molar-refractivity contribution in [1.82, 2.24) is 9.80 Å². The first-order valence-electron chi connectivity index (χ1n) is 8.47. The monoisotopic (exact) mass is 407 g/mol. The summed E-state index contributed by atoms with van der Waals surface area (Å²) in [5, 5.41) is 3.76. The summed E-state index contributed by atoms with van der Waals surface area (Å²) in [6, 6.07) is 12.8. The second-order valence-electron chi connectivity index (χ2n) is 6.58. The second kappa shape index (κ2) is 9.74. The average molecular weight is 408 g/mol. The van der Waals surface area contributed by atoms with Gasteiger partial charge in [0.05, 0.1) is 23.1 Å². The Hall–Kier alpha value is -2.08. The highest BCUT2D eigenvalue weighted by atomic mass is 35.5. The van der Waals surface area contributed by atoms with E-state index in [0.717, 1.165) is 16.8 Å². The number of hydrogen-bond acceptors (Lipinski definition) is 3. The van der Waals surface area contributed by atoms with Gasteiger partial charge in [0.1, 0.15) is 0 Å². The van der Waals surface area contributed by atoms with Crippen LogP contribution in [0.15, 0.2) is 42.5 Å². The Balaban J connectivity index is 1.81. The van der Waals surface area contributed by atoms with Gasteiger partial charge in [-0.15, -0.1) is 0 Å². The second-order valence-corrected chi connectivity index (χ2v) is 7.40. The molecular formula is C20H23Cl2N3O2. The van der Waals surface area contributed by atoms with Crippen LogP contribution in [0.3, 0.4) is 0 Å². The van der Waals surface area contributed by atoms with Crippen LogP contribution < -0.4 is 5.32 Å². The number of hydrogen-bond donors (Lipinski definition) is 1. The molecule has 0 aliphatic heterocycles. The molecule has 0 saturated heterocycles. The van der Waals surface area contributed by atoms with Crippen LogP contribution in [0.2, 0.25) is 10.0 Å². The van der Waals surface area contributed by atoms with Crippen LogP contribution in [-0.4, -0.2) is 48.8 Å². The summed E-state index contributed by atoms with van der Waals surface area (Å²) in [5.74, 6) is -0.256. The van der Waals surface area contributed by atoms with Crippen molar-refractivity contribution >= 4 is 40.7 Å². The Morgan fingerprint density at radius 2 is 1.63 bits per heavy atom. The molecule has 0 aliphatic rings. The van der Waals surface area contributed by atoms with Gasteiger partial charge < -0.3 is 10.2 Å². The predicted octanol–water partition coefficient (Wildman–Crippen LogP) is 3.83. The van der Waals surface area contributed by atoms with E-state index in [1.54, 1.807) is 36.0 Å². The largest absolute Gasteiger partial charge is 0.340 e. The van der Waals surface area contributed by atoms with Crippen molar-refractivity contribution in [2.24, 2.45) is 0 Å². The lowest BCUT2D eigenvalue weighted by atomic mass is 10.2. The van der Waals surface area contributed by atoms with Crippen LogP contribution in [0.5, 0.6) is 0 Å². The molecule has 0 aromatic heterocycles. The molecular weight excluding hydrogens is 385 g/mol. The molecule has 2 rings (SSSR count). The molecule has 0 aliphatic carbocycles. The molecule has 0 heterocycles. The fourth-order valence-corrected chi connectivity index (χ4v) is 2.81. The van der Waals surface area contributed by atoms with Gasteiger partial charge in [-0.3, -0.25) is 14.5 Å². The number of likely N-dealkylation sites (N-methyl/N-ethyl adjacent to an activating group) is 2. The zero-order chi connectivity index (χ0) is 20.0. The van der Waals surface area contributed by atoms with Gasteiger partial charge in [-0.25, -0.2) is 0 Å². The Kier molecular flexibility index (Phi) is 7.66. The SMILES string of the molecule is Cc1ccc(NC(=O)CN(C)CC(=O)N(C)Cc2ccc(Cl)c(Cl)c2)cc1. The topological polar surface area (TPSA) is 52.7 Å². The summed E-state index contributed by atoms with van der Waals surface area (Å²) in [4.78, 5) is 27.8. The summed E-state index contributed by atoms with van der Waals surface area (Å²) in [6.07, 6.45) is 0. The van der Waals surface area contributed by atoms with Crippen LogP contribution in [-0.2, 0) is 16.1 Å². The quantitative estimate of drug-likeness (QED) is 0.758. The standard InChI is InChI=1S/C20H23Cl2N3O2/c1-14-4-7-16(8-5-14)23-19(26)12-24(2)13-20(27)25(3)11-15-6-9-17(21)18(22)10-15/h4-10H,11-13H2,1-3H3,(H,23,26). The minimum atomic E-state index is -0.165. The van der Waals surface area contributed by atoms with Crippen LogP contribution in [0.25, 0.3) is 0 Å². The normalized spacial score (nSPS) is 10.7. The number of rotatable bonds is 7. The van der Waals surface area contributed by atoms with Crippen molar-refractivity contribution in [3.05, 3.63) is 63.6 Å². The molecule has 7 heteroatoms. The molecule has 0 fully saturated rings. The summed E-state index contributed by atoms with van der Waals surface area (Å²) in [6.45, 7) is 2.66. The zero-order valence-electron chi connectivity index (χ0n) is 15.6. The number of carbonyl (C=O) groups excluding carboxylic acids is 2. The van der Waals surface area contributed by atoms with Gasteiger partial charge in [-0.1, -0.05) is 47.0 Å². The van der Waals surface area contributed by atoms with E-state index in [0.29, 0.717) is 16.6 Å². The van der Waals surface area contributed by atoms with E-state index in [4.69, 9.17) is 23.2 Å². The molecule has 2 aromatic rings. The minimum Gasteiger partial charge on any atom is -0.340 e. The van der Waals surface area contributed by atoms with Crippen LogP contribution >= 0.6 is 23.2 Å². The number of nitrogens with one attached hydrogen (secondary N) is 1. The smallest absolute Gasteiger partial charge is 0.238 e. The molecule has 0 unspecified atom stereocenters. The van der Waals surface area contributed by atoms with Gasteiger partial charge >= 0.3 is 0 Å². The van der Waals surface area contributed by atoms with Crippen molar-refractivity contribution in [1.29, 1.82) is 0 Å². The maximum absolute atomic E-state index is 12.4. The molecule has 2 amide bonds. The van der Waals surface area contributed by atoms with Crippen molar-refractivity contribution in [2.45, 2.75) is 13.5 Å². The maximum Gasteiger partial charge on any atom is 0.238 e. The van der Waals surface area contributed by atoms with Crippen LogP contribution in [0.1, 0.15) is 11.1 Å². The molecule has 0 atom stereocenters. The lowest BCUT2D eigenvalue weighted by molar-refractivity contribution is -0.131. The Morgan fingerprint density at radius 3 is 2.26 bits per heavy atom. The maximum atomic E-state index is 12.4. The Morgan fingerprint density at radius 1 is 0.963 bits per heavy atom. The number of carbonyl (C=O) groups is 2. The summed E-state index contributed by atoms with van der Waals surface area (Å²) in [5.41, 5.74) is 2.75. The van der Waals surface area contributed by atoms with Crippen molar-refractivity contribution in [3.63, 3.8) is 0 Å². The molecule has 27 heavy (non-hydrogen) atoms. The first-order valence-corrected chi connectivity index (χ1v) is 9.23. The first-order chi connectivity index (χ1) is 12.7.